The van der Waals surface area contributed by atoms with Gasteiger partial charge in [-0.3, -0.25) is 4.79 Å². The number of hydrogen-bond acceptors (Lipinski definition) is 4. The van der Waals surface area contributed by atoms with E-state index in [-0.39, 0.29) is 18.3 Å². The number of rotatable bonds is 8. The summed E-state index contributed by atoms with van der Waals surface area (Å²) < 4.78 is 24.7. The van der Waals surface area contributed by atoms with E-state index in [0.29, 0.717) is 29.4 Å². The van der Waals surface area contributed by atoms with Crippen molar-refractivity contribution in [3.05, 3.63) is 90.0 Å². The fourth-order valence-electron chi connectivity index (χ4n) is 3.18. The highest BCUT2D eigenvalue weighted by Gasteiger charge is 2.18. The molecule has 31 heavy (non-hydrogen) atoms. The molecule has 1 unspecified atom stereocenters. The van der Waals surface area contributed by atoms with Crippen LogP contribution in [0.2, 0.25) is 0 Å². The largest absolute Gasteiger partial charge is 0.457 e. The zero-order valence-electron chi connectivity index (χ0n) is 17.0. The standard InChI is InChI=1S/C24H22FN3O3/c1-16(29)26-23(15-30-14-17-5-3-2-4-6-17)24-27-21-12-11-20(13-22(21)28-24)31-19-9-7-18(25)8-10-19/h2-13,23H,14-15H2,1H3,(H,26,29)(H,27,28). The summed E-state index contributed by atoms with van der Waals surface area (Å²) in [6.45, 7) is 2.17. The molecule has 6 nitrogen and oxygen atoms in total. The van der Waals surface area contributed by atoms with Crippen LogP contribution in [0.1, 0.15) is 24.4 Å². The molecule has 0 saturated carbocycles. The van der Waals surface area contributed by atoms with Crippen LogP contribution in [0, 0.1) is 5.82 Å². The fourth-order valence-corrected chi connectivity index (χ4v) is 3.18. The number of H-pyrrole nitrogens is 1. The van der Waals surface area contributed by atoms with Crippen LogP contribution in [0.3, 0.4) is 0 Å². The van der Waals surface area contributed by atoms with Gasteiger partial charge in [-0.2, -0.15) is 0 Å². The van der Waals surface area contributed by atoms with E-state index in [4.69, 9.17) is 9.47 Å². The second-order valence-electron chi connectivity index (χ2n) is 7.11. The number of aromatic nitrogens is 2. The van der Waals surface area contributed by atoms with E-state index in [1.165, 1.54) is 19.1 Å². The molecular weight excluding hydrogens is 397 g/mol. The Labute approximate surface area is 179 Å². The lowest BCUT2D eigenvalue weighted by Crippen LogP contribution is -2.30. The van der Waals surface area contributed by atoms with Crippen LogP contribution < -0.4 is 10.1 Å². The van der Waals surface area contributed by atoms with Gasteiger partial charge >= 0.3 is 0 Å². The summed E-state index contributed by atoms with van der Waals surface area (Å²) in [4.78, 5) is 19.6. The molecule has 0 spiro atoms. The zero-order chi connectivity index (χ0) is 21.6. The number of ether oxygens (including phenoxy) is 2. The lowest BCUT2D eigenvalue weighted by atomic mass is 10.2. The Kier molecular flexibility index (Phi) is 6.24. The molecule has 1 atom stereocenters. The molecule has 0 aliphatic carbocycles. The number of benzene rings is 3. The van der Waals surface area contributed by atoms with Gasteiger partial charge in [-0.1, -0.05) is 30.3 Å². The Morgan fingerprint density at radius 2 is 1.81 bits per heavy atom. The van der Waals surface area contributed by atoms with E-state index >= 15 is 0 Å². The smallest absolute Gasteiger partial charge is 0.217 e. The first-order chi connectivity index (χ1) is 15.1. The van der Waals surface area contributed by atoms with Gasteiger partial charge < -0.3 is 19.8 Å². The molecule has 0 fully saturated rings. The van der Waals surface area contributed by atoms with Gasteiger partial charge in [-0.25, -0.2) is 9.37 Å². The summed E-state index contributed by atoms with van der Waals surface area (Å²) in [5.74, 6) is 1.21. The van der Waals surface area contributed by atoms with Gasteiger partial charge in [0.2, 0.25) is 5.91 Å². The Morgan fingerprint density at radius 1 is 1.06 bits per heavy atom. The lowest BCUT2D eigenvalue weighted by Gasteiger charge is -2.16. The molecule has 0 bridgehead atoms. The van der Waals surface area contributed by atoms with Gasteiger partial charge in [0.25, 0.3) is 0 Å². The van der Waals surface area contributed by atoms with Crippen molar-refractivity contribution in [3.63, 3.8) is 0 Å². The topological polar surface area (TPSA) is 76.2 Å². The third kappa shape index (κ3) is 5.46. The number of nitrogens with zero attached hydrogens (tertiary/aromatic N) is 1. The summed E-state index contributed by atoms with van der Waals surface area (Å²) in [6, 6.07) is 20.6. The van der Waals surface area contributed by atoms with E-state index in [9.17, 15) is 9.18 Å². The number of carbonyl (C=O) groups excluding carboxylic acids is 1. The lowest BCUT2D eigenvalue weighted by molar-refractivity contribution is -0.120. The molecule has 7 heteroatoms. The number of hydrogen-bond donors (Lipinski definition) is 2. The van der Waals surface area contributed by atoms with Gasteiger partial charge in [0, 0.05) is 13.0 Å². The molecule has 158 valence electrons. The van der Waals surface area contributed by atoms with Crippen LogP contribution in [-0.4, -0.2) is 22.5 Å². The Balaban J connectivity index is 1.49. The van der Waals surface area contributed by atoms with E-state index in [0.717, 1.165) is 11.1 Å². The number of aromatic amines is 1. The molecular formula is C24H22FN3O3. The maximum absolute atomic E-state index is 13.1. The summed E-state index contributed by atoms with van der Waals surface area (Å²) >= 11 is 0. The van der Waals surface area contributed by atoms with Crippen LogP contribution in [0.5, 0.6) is 11.5 Å². The molecule has 1 amide bonds. The Bertz CT molecular complexity index is 1160. The number of halogens is 1. The molecule has 1 aromatic heterocycles. The van der Waals surface area contributed by atoms with Crippen molar-refractivity contribution in [1.29, 1.82) is 0 Å². The van der Waals surface area contributed by atoms with E-state index in [1.807, 2.05) is 36.4 Å². The number of imidazole rings is 1. The van der Waals surface area contributed by atoms with Crippen molar-refractivity contribution in [3.8, 4) is 11.5 Å². The first-order valence-electron chi connectivity index (χ1n) is 9.89. The van der Waals surface area contributed by atoms with Crippen LogP contribution >= 0.6 is 0 Å². The number of fused-ring (bicyclic) bond motifs is 1. The summed E-state index contributed by atoms with van der Waals surface area (Å²) in [7, 11) is 0. The quantitative estimate of drug-likeness (QED) is 0.426. The number of carbonyl (C=O) groups is 1. The average Bonchev–Trinajstić information content (AvgIpc) is 3.18. The van der Waals surface area contributed by atoms with Crippen molar-refractivity contribution in [2.45, 2.75) is 19.6 Å². The SMILES string of the molecule is CC(=O)NC(COCc1ccccc1)c1nc2cc(Oc3ccc(F)cc3)ccc2[nH]1. The molecule has 1 heterocycles. The van der Waals surface area contributed by atoms with Crippen molar-refractivity contribution in [2.75, 3.05) is 6.61 Å². The van der Waals surface area contributed by atoms with E-state index in [1.54, 1.807) is 24.3 Å². The maximum atomic E-state index is 13.1. The van der Waals surface area contributed by atoms with Crippen molar-refractivity contribution in [1.82, 2.24) is 15.3 Å². The average molecular weight is 419 g/mol. The summed E-state index contributed by atoms with van der Waals surface area (Å²) in [5, 5.41) is 2.88. The van der Waals surface area contributed by atoms with E-state index < -0.39 is 6.04 Å². The van der Waals surface area contributed by atoms with Crippen LogP contribution in [0.15, 0.2) is 72.8 Å². The zero-order valence-corrected chi connectivity index (χ0v) is 17.0. The molecule has 0 saturated heterocycles. The van der Waals surface area contributed by atoms with Gasteiger partial charge in [0.05, 0.1) is 24.2 Å². The van der Waals surface area contributed by atoms with Gasteiger partial charge in [-0.15, -0.1) is 0 Å². The Morgan fingerprint density at radius 3 is 2.55 bits per heavy atom. The van der Waals surface area contributed by atoms with Gasteiger partial charge in [0.1, 0.15) is 29.2 Å². The second-order valence-corrected chi connectivity index (χ2v) is 7.11. The number of nitrogens with one attached hydrogen (secondary N) is 2. The first-order valence-corrected chi connectivity index (χ1v) is 9.89. The second kappa shape index (κ2) is 9.40. The predicted molar refractivity (Wildman–Crippen MR) is 115 cm³/mol. The highest BCUT2D eigenvalue weighted by molar-refractivity contribution is 5.77. The molecule has 0 aliphatic heterocycles. The minimum atomic E-state index is -0.421. The van der Waals surface area contributed by atoms with Crippen molar-refractivity contribution in [2.24, 2.45) is 0 Å². The minimum absolute atomic E-state index is 0.172. The van der Waals surface area contributed by atoms with Gasteiger partial charge in [-0.05, 0) is 42.0 Å². The van der Waals surface area contributed by atoms with Gasteiger partial charge in [0.15, 0.2) is 0 Å². The molecule has 2 N–H and O–H groups in total. The third-order valence-electron chi connectivity index (χ3n) is 4.63. The van der Waals surface area contributed by atoms with Crippen LogP contribution in [0.4, 0.5) is 4.39 Å². The fraction of sp³-hybridized carbons (Fsp3) is 0.167. The Hall–Kier alpha value is -3.71. The highest BCUT2D eigenvalue weighted by atomic mass is 19.1. The third-order valence-corrected chi connectivity index (χ3v) is 4.63. The summed E-state index contributed by atoms with van der Waals surface area (Å²) in [5.41, 5.74) is 2.55. The minimum Gasteiger partial charge on any atom is -0.457 e. The predicted octanol–water partition coefficient (Wildman–Crippen LogP) is 4.89. The monoisotopic (exact) mass is 419 g/mol. The number of amides is 1. The van der Waals surface area contributed by atoms with E-state index in [2.05, 4.69) is 15.3 Å². The van der Waals surface area contributed by atoms with Crippen LogP contribution in [-0.2, 0) is 16.1 Å². The maximum Gasteiger partial charge on any atom is 0.217 e. The first kappa shape index (κ1) is 20.6. The summed E-state index contributed by atoms with van der Waals surface area (Å²) in [6.07, 6.45) is 0. The molecule has 3 aromatic carbocycles. The molecule has 4 rings (SSSR count). The molecule has 4 aromatic rings. The molecule has 0 radical (unpaired) electrons. The van der Waals surface area contributed by atoms with Crippen molar-refractivity contribution >= 4 is 16.9 Å². The molecule has 0 aliphatic rings. The normalized spacial score (nSPS) is 11.9. The van der Waals surface area contributed by atoms with Crippen molar-refractivity contribution < 1.29 is 18.7 Å². The highest BCUT2D eigenvalue weighted by Crippen LogP contribution is 2.26. The van der Waals surface area contributed by atoms with Crippen LogP contribution in [0.25, 0.3) is 11.0 Å².